The van der Waals surface area contributed by atoms with Gasteiger partial charge >= 0.3 is 0 Å². The van der Waals surface area contributed by atoms with Gasteiger partial charge in [-0.05, 0) is 11.5 Å². The number of fused-ring (bicyclic) bond motifs is 3. The Morgan fingerprint density at radius 1 is 1.28 bits per heavy atom. The van der Waals surface area contributed by atoms with Crippen LogP contribution < -0.4 is 15.4 Å². The van der Waals surface area contributed by atoms with Crippen molar-refractivity contribution in [2.45, 2.75) is 0 Å². The van der Waals surface area contributed by atoms with Gasteiger partial charge in [-0.2, -0.15) is 0 Å². The van der Waals surface area contributed by atoms with Gasteiger partial charge in [-0.15, -0.1) is 0 Å². The van der Waals surface area contributed by atoms with Crippen LogP contribution in [-0.4, -0.2) is 25.6 Å². The number of carbonyl (C=O) groups excluding carboxylic acids is 1. The number of nitrogens with two attached hydrogens (primary N) is 1. The molecule has 0 fully saturated rings. The molecule has 0 saturated heterocycles. The summed E-state index contributed by atoms with van der Waals surface area (Å²) in [7, 11) is 0. The van der Waals surface area contributed by atoms with Crippen LogP contribution in [0.15, 0.2) is 36.4 Å². The molecule has 92 valence electrons. The van der Waals surface area contributed by atoms with Crippen molar-refractivity contribution >= 4 is 22.4 Å². The summed E-state index contributed by atoms with van der Waals surface area (Å²) in [6, 6.07) is 11.9. The average Bonchev–Trinajstić information content (AvgIpc) is 2.45. The second-order valence-corrected chi connectivity index (χ2v) is 4.23. The van der Waals surface area contributed by atoms with Crippen molar-refractivity contribution in [1.29, 1.82) is 0 Å². The fourth-order valence-electron chi connectivity index (χ4n) is 2.32. The minimum absolute atomic E-state index is 0.0201. The van der Waals surface area contributed by atoms with Gasteiger partial charge in [-0.25, -0.2) is 0 Å². The van der Waals surface area contributed by atoms with Crippen molar-refractivity contribution in [3.05, 3.63) is 36.4 Å². The van der Waals surface area contributed by atoms with Crippen LogP contribution in [0.1, 0.15) is 0 Å². The molecule has 0 spiro atoms. The second-order valence-electron chi connectivity index (χ2n) is 4.23. The van der Waals surface area contributed by atoms with Crippen LogP contribution in [0.5, 0.6) is 5.75 Å². The zero-order chi connectivity index (χ0) is 12.5. The Morgan fingerprint density at radius 2 is 2.11 bits per heavy atom. The van der Waals surface area contributed by atoms with Gasteiger partial charge in [0.05, 0.1) is 18.8 Å². The molecule has 2 aromatic carbocycles. The zero-order valence-electron chi connectivity index (χ0n) is 9.93. The molecule has 0 unspecified atom stereocenters. The number of nitrogens with zero attached hydrogens (tertiary/aromatic N) is 1. The summed E-state index contributed by atoms with van der Waals surface area (Å²) in [6.45, 7) is 1.08. The van der Waals surface area contributed by atoms with Crippen molar-refractivity contribution in [3.8, 4) is 5.75 Å². The monoisotopic (exact) mass is 242 g/mol. The lowest BCUT2D eigenvalue weighted by Gasteiger charge is -2.30. The summed E-state index contributed by atoms with van der Waals surface area (Å²) in [6.07, 6.45) is 0. The summed E-state index contributed by atoms with van der Waals surface area (Å²) >= 11 is 0. The molecule has 0 atom stereocenters. The van der Waals surface area contributed by atoms with Gasteiger partial charge in [0, 0.05) is 5.39 Å². The zero-order valence-corrected chi connectivity index (χ0v) is 9.93. The number of hydrogen-bond acceptors (Lipinski definition) is 3. The van der Waals surface area contributed by atoms with E-state index in [4.69, 9.17) is 10.5 Å². The number of benzene rings is 2. The van der Waals surface area contributed by atoms with E-state index < -0.39 is 0 Å². The van der Waals surface area contributed by atoms with Crippen molar-refractivity contribution in [2.24, 2.45) is 5.73 Å². The molecule has 0 radical (unpaired) electrons. The number of ether oxygens (including phenoxy) is 1. The minimum atomic E-state index is -0.0742. The molecule has 4 heteroatoms. The first-order valence-electron chi connectivity index (χ1n) is 5.96. The Bertz CT molecular complexity index is 610. The van der Waals surface area contributed by atoms with Crippen molar-refractivity contribution in [1.82, 2.24) is 0 Å². The van der Waals surface area contributed by atoms with Crippen molar-refractivity contribution < 1.29 is 9.53 Å². The molecule has 18 heavy (non-hydrogen) atoms. The molecule has 1 heterocycles. The van der Waals surface area contributed by atoms with E-state index in [1.54, 1.807) is 4.90 Å². The predicted octanol–water partition coefficient (Wildman–Crippen LogP) is 1.52. The average molecular weight is 242 g/mol. The maximum atomic E-state index is 11.8. The number of anilines is 1. The number of hydrogen-bond donors (Lipinski definition) is 1. The van der Waals surface area contributed by atoms with Crippen LogP contribution in [0.4, 0.5) is 5.69 Å². The summed E-state index contributed by atoms with van der Waals surface area (Å²) in [4.78, 5) is 13.5. The Morgan fingerprint density at radius 3 is 2.94 bits per heavy atom. The van der Waals surface area contributed by atoms with Gasteiger partial charge < -0.3 is 15.4 Å². The summed E-state index contributed by atoms with van der Waals surface area (Å²) in [5.41, 5.74) is 6.26. The molecule has 2 N–H and O–H groups in total. The highest BCUT2D eigenvalue weighted by molar-refractivity contribution is 6.02. The van der Waals surface area contributed by atoms with Crippen LogP contribution in [0.25, 0.3) is 10.8 Å². The van der Waals surface area contributed by atoms with Crippen LogP contribution in [0, 0.1) is 0 Å². The summed E-state index contributed by atoms with van der Waals surface area (Å²) < 4.78 is 5.73. The standard InChI is InChI=1S/C14H14N2O2/c15-9-13(17)16-7-8-18-14-11-4-2-1-3-10(11)5-6-12(14)16/h1-6H,7-9,15H2. The van der Waals surface area contributed by atoms with E-state index in [1.807, 2.05) is 36.4 Å². The molecular weight excluding hydrogens is 228 g/mol. The lowest BCUT2D eigenvalue weighted by molar-refractivity contribution is -0.117. The molecule has 1 amide bonds. The number of amides is 1. The SMILES string of the molecule is NCC(=O)N1CCOc2c1ccc1ccccc21. The molecule has 4 nitrogen and oxygen atoms in total. The molecule has 0 aliphatic carbocycles. The fraction of sp³-hybridized carbons (Fsp3) is 0.214. The maximum Gasteiger partial charge on any atom is 0.240 e. The first kappa shape index (κ1) is 11.0. The summed E-state index contributed by atoms with van der Waals surface area (Å²) in [5, 5.41) is 2.14. The van der Waals surface area contributed by atoms with Gasteiger partial charge in [0.2, 0.25) is 5.91 Å². The van der Waals surface area contributed by atoms with E-state index in [9.17, 15) is 4.79 Å². The quantitative estimate of drug-likeness (QED) is 0.825. The van der Waals surface area contributed by atoms with Gasteiger partial charge in [0.15, 0.2) is 5.75 Å². The van der Waals surface area contributed by atoms with Crippen molar-refractivity contribution in [3.63, 3.8) is 0 Å². The van der Waals surface area contributed by atoms with Crippen LogP contribution in [0.3, 0.4) is 0 Å². The molecular formula is C14H14N2O2. The topological polar surface area (TPSA) is 55.6 Å². The first-order valence-corrected chi connectivity index (χ1v) is 5.96. The molecule has 0 aromatic heterocycles. The third-order valence-corrected chi connectivity index (χ3v) is 3.19. The molecule has 0 bridgehead atoms. The third-order valence-electron chi connectivity index (χ3n) is 3.19. The lowest BCUT2D eigenvalue weighted by atomic mass is 10.1. The lowest BCUT2D eigenvalue weighted by Crippen LogP contribution is -2.41. The van der Waals surface area contributed by atoms with E-state index in [2.05, 4.69) is 0 Å². The maximum absolute atomic E-state index is 11.8. The second kappa shape index (κ2) is 4.31. The summed E-state index contributed by atoms with van der Waals surface area (Å²) in [5.74, 6) is 0.705. The van der Waals surface area contributed by atoms with Gasteiger partial charge in [-0.3, -0.25) is 4.79 Å². The number of rotatable bonds is 1. The van der Waals surface area contributed by atoms with E-state index in [0.717, 1.165) is 22.2 Å². The number of carbonyl (C=O) groups is 1. The van der Waals surface area contributed by atoms with Crippen LogP contribution in [-0.2, 0) is 4.79 Å². The van der Waals surface area contributed by atoms with Gasteiger partial charge in [-0.1, -0.05) is 30.3 Å². The van der Waals surface area contributed by atoms with E-state index in [0.29, 0.717) is 13.2 Å². The van der Waals surface area contributed by atoms with E-state index in [-0.39, 0.29) is 12.5 Å². The highest BCUT2D eigenvalue weighted by Gasteiger charge is 2.23. The Balaban J connectivity index is 2.19. The van der Waals surface area contributed by atoms with E-state index >= 15 is 0 Å². The van der Waals surface area contributed by atoms with E-state index in [1.165, 1.54) is 0 Å². The van der Waals surface area contributed by atoms with Gasteiger partial charge in [0.1, 0.15) is 6.61 Å². The predicted molar refractivity (Wildman–Crippen MR) is 70.9 cm³/mol. The van der Waals surface area contributed by atoms with Gasteiger partial charge in [0.25, 0.3) is 0 Å². The fourth-order valence-corrected chi connectivity index (χ4v) is 2.32. The van der Waals surface area contributed by atoms with Crippen LogP contribution in [0.2, 0.25) is 0 Å². The first-order chi connectivity index (χ1) is 8.81. The Labute approximate surface area is 105 Å². The molecule has 1 aliphatic heterocycles. The third kappa shape index (κ3) is 1.62. The Kier molecular flexibility index (Phi) is 2.64. The highest BCUT2D eigenvalue weighted by atomic mass is 16.5. The minimum Gasteiger partial charge on any atom is -0.489 e. The highest BCUT2D eigenvalue weighted by Crippen LogP contribution is 2.38. The molecule has 2 aromatic rings. The van der Waals surface area contributed by atoms with Crippen molar-refractivity contribution in [2.75, 3.05) is 24.6 Å². The normalized spacial score (nSPS) is 14.2. The molecule has 3 rings (SSSR count). The smallest absolute Gasteiger partial charge is 0.240 e. The molecule has 0 saturated carbocycles. The largest absolute Gasteiger partial charge is 0.489 e. The van der Waals surface area contributed by atoms with Crippen LogP contribution >= 0.6 is 0 Å². The molecule has 1 aliphatic rings. The Hall–Kier alpha value is -2.07.